The molecule has 3 nitrogen and oxygen atoms in total. The van der Waals surface area contributed by atoms with Crippen molar-refractivity contribution < 1.29 is 9.53 Å². The van der Waals surface area contributed by atoms with E-state index in [9.17, 15) is 4.79 Å². The van der Waals surface area contributed by atoms with Gasteiger partial charge in [-0.15, -0.1) is 0 Å². The Bertz CT molecular complexity index is 355. The first-order chi connectivity index (χ1) is 7.67. The summed E-state index contributed by atoms with van der Waals surface area (Å²) in [6.07, 6.45) is 0.164. The van der Waals surface area contributed by atoms with Gasteiger partial charge in [0.05, 0.1) is 0 Å². The van der Waals surface area contributed by atoms with Crippen molar-refractivity contribution in [1.29, 1.82) is 0 Å². The molecule has 1 amide bonds. The van der Waals surface area contributed by atoms with E-state index < -0.39 is 6.10 Å². The molecule has 1 aromatic rings. The van der Waals surface area contributed by atoms with E-state index in [4.69, 9.17) is 16.3 Å². The van der Waals surface area contributed by atoms with Crippen molar-refractivity contribution in [3.05, 3.63) is 29.3 Å². The zero-order valence-electron chi connectivity index (χ0n) is 9.50. The maximum absolute atomic E-state index is 11.6. The van der Waals surface area contributed by atoms with Gasteiger partial charge in [0.2, 0.25) is 0 Å². The molecule has 16 heavy (non-hydrogen) atoms. The summed E-state index contributed by atoms with van der Waals surface area (Å²) < 4.78 is 5.56. The number of carbonyl (C=O) groups excluding carboxylic acids is 1. The van der Waals surface area contributed by atoms with Gasteiger partial charge in [-0.1, -0.05) is 24.6 Å². The summed E-state index contributed by atoms with van der Waals surface area (Å²) in [5.74, 6) is 0.524. The van der Waals surface area contributed by atoms with Crippen LogP contribution >= 0.6 is 11.6 Å². The molecule has 0 aromatic heterocycles. The lowest BCUT2D eigenvalue weighted by Crippen LogP contribution is -2.37. The maximum atomic E-state index is 11.6. The largest absolute Gasteiger partial charge is 0.481 e. The molecule has 1 rings (SSSR count). The number of hydrogen-bond donors (Lipinski definition) is 1. The number of nitrogens with one attached hydrogen (secondary N) is 1. The second kappa shape index (κ2) is 6.38. The minimum absolute atomic E-state index is 0.0926. The van der Waals surface area contributed by atoms with E-state index in [1.807, 2.05) is 13.8 Å². The van der Waals surface area contributed by atoms with Crippen LogP contribution in [0.15, 0.2) is 24.3 Å². The molecule has 0 aliphatic rings. The van der Waals surface area contributed by atoms with E-state index >= 15 is 0 Å². The van der Waals surface area contributed by atoms with Crippen LogP contribution in [0.1, 0.15) is 20.3 Å². The van der Waals surface area contributed by atoms with Crippen molar-refractivity contribution in [2.75, 3.05) is 6.54 Å². The van der Waals surface area contributed by atoms with Gasteiger partial charge in [-0.25, -0.2) is 0 Å². The monoisotopic (exact) mass is 241 g/mol. The van der Waals surface area contributed by atoms with E-state index in [1.165, 1.54) is 0 Å². The highest BCUT2D eigenvalue weighted by molar-refractivity contribution is 6.30. The van der Waals surface area contributed by atoms with Crippen LogP contribution in [-0.4, -0.2) is 18.6 Å². The fourth-order valence-electron chi connectivity index (χ4n) is 1.31. The van der Waals surface area contributed by atoms with E-state index in [-0.39, 0.29) is 5.91 Å². The summed E-state index contributed by atoms with van der Waals surface area (Å²) >= 11 is 5.83. The van der Waals surface area contributed by atoms with Crippen LogP contribution in [0.2, 0.25) is 5.02 Å². The number of hydrogen-bond acceptors (Lipinski definition) is 2. The Morgan fingerprint density at radius 2 is 2.25 bits per heavy atom. The van der Waals surface area contributed by atoms with Crippen molar-refractivity contribution in [2.24, 2.45) is 0 Å². The van der Waals surface area contributed by atoms with Gasteiger partial charge >= 0.3 is 0 Å². The number of carbonyl (C=O) groups is 1. The second-order valence-electron chi connectivity index (χ2n) is 3.37. The van der Waals surface area contributed by atoms with Crippen LogP contribution in [-0.2, 0) is 4.79 Å². The lowest BCUT2D eigenvalue weighted by molar-refractivity contribution is -0.128. The van der Waals surface area contributed by atoms with Gasteiger partial charge in [-0.3, -0.25) is 4.79 Å². The summed E-state index contributed by atoms with van der Waals surface area (Å²) in [7, 11) is 0. The molecular weight excluding hydrogens is 226 g/mol. The van der Waals surface area contributed by atoms with Gasteiger partial charge < -0.3 is 10.1 Å². The van der Waals surface area contributed by atoms with Crippen molar-refractivity contribution in [3.63, 3.8) is 0 Å². The molecule has 0 spiro atoms. The Labute approximate surface area is 101 Å². The van der Waals surface area contributed by atoms with E-state index in [1.54, 1.807) is 24.3 Å². The Hall–Kier alpha value is -1.22. The molecule has 1 aromatic carbocycles. The van der Waals surface area contributed by atoms with Crippen molar-refractivity contribution >= 4 is 17.5 Å². The Morgan fingerprint density at radius 3 is 2.81 bits per heavy atom. The Kier molecular flexibility index (Phi) is 5.12. The minimum atomic E-state index is -0.460. The van der Waals surface area contributed by atoms with Gasteiger partial charge in [-0.05, 0) is 31.5 Å². The summed E-state index contributed by atoms with van der Waals surface area (Å²) in [6, 6.07) is 7.04. The van der Waals surface area contributed by atoms with Crippen LogP contribution in [0.3, 0.4) is 0 Å². The molecule has 0 fully saturated rings. The third kappa shape index (κ3) is 3.74. The highest BCUT2D eigenvalue weighted by Crippen LogP contribution is 2.19. The van der Waals surface area contributed by atoms with Crippen molar-refractivity contribution in [1.82, 2.24) is 5.32 Å². The summed E-state index contributed by atoms with van der Waals surface area (Å²) in [6.45, 7) is 4.39. The van der Waals surface area contributed by atoms with Gasteiger partial charge in [0.15, 0.2) is 6.10 Å². The molecule has 0 aliphatic heterocycles. The molecular formula is C12H16ClNO2. The number of likely N-dealkylation sites (N-methyl/N-ethyl adjacent to an activating group) is 1. The average Bonchev–Trinajstić information content (AvgIpc) is 2.26. The van der Waals surface area contributed by atoms with E-state index in [2.05, 4.69) is 5.32 Å². The zero-order valence-corrected chi connectivity index (χ0v) is 10.3. The number of ether oxygens (including phenoxy) is 1. The van der Waals surface area contributed by atoms with Crippen LogP contribution < -0.4 is 10.1 Å². The molecule has 1 atom stereocenters. The van der Waals surface area contributed by atoms with E-state index in [0.717, 1.165) is 0 Å². The normalized spacial score (nSPS) is 11.9. The molecule has 0 saturated carbocycles. The predicted octanol–water partition coefficient (Wildman–Crippen LogP) is 2.63. The van der Waals surface area contributed by atoms with Crippen LogP contribution in [0, 0.1) is 0 Å². The van der Waals surface area contributed by atoms with Crippen LogP contribution in [0.5, 0.6) is 5.75 Å². The standard InChI is InChI=1S/C12H16ClNO2/c1-3-11(12(15)14-4-2)16-10-7-5-6-9(13)8-10/h5-8,11H,3-4H2,1-2H3,(H,14,15)/t11-/m1/s1. The van der Waals surface area contributed by atoms with Crippen molar-refractivity contribution in [3.8, 4) is 5.75 Å². The molecule has 0 heterocycles. The lowest BCUT2D eigenvalue weighted by atomic mass is 10.2. The number of halogens is 1. The maximum Gasteiger partial charge on any atom is 0.261 e. The molecule has 0 aliphatic carbocycles. The highest BCUT2D eigenvalue weighted by atomic mass is 35.5. The smallest absolute Gasteiger partial charge is 0.261 e. The Balaban J connectivity index is 2.66. The predicted molar refractivity (Wildman–Crippen MR) is 64.8 cm³/mol. The quantitative estimate of drug-likeness (QED) is 0.861. The van der Waals surface area contributed by atoms with Gasteiger partial charge in [0.25, 0.3) is 5.91 Å². The average molecular weight is 242 g/mol. The first-order valence-electron chi connectivity index (χ1n) is 5.37. The number of amides is 1. The van der Waals surface area contributed by atoms with Gasteiger partial charge in [-0.2, -0.15) is 0 Å². The fourth-order valence-corrected chi connectivity index (χ4v) is 1.50. The third-order valence-electron chi connectivity index (χ3n) is 2.09. The van der Waals surface area contributed by atoms with Crippen molar-refractivity contribution in [2.45, 2.75) is 26.4 Å². The minimum Gasteiger partial charge on any atom is -0.481 e. The van der Waals surface area contributed by atoms with Gasteiger partial charge in [0, 0.05) is 11.6 Å². The first kappa shape index (κ1) is 12.8. The van der Waals surface area contributed by atoms with Crippen LogP contribution in [0.4, 0.5) is 0 Å². The molecule has 0 saturated heterocycles. The lowest BCUT2D eigenvalue weighted by Gasteiger charge is -2.16. The molecule has 88 valence electrons. The summed E-state index contributed by atoms with van der Waals surface area (Å²) in [5, 5.41) is 3.33. The summed E-state index contributed by atoms with van der Waals surface area (Å²) in [4.78, 5) is 11.6. The van der Waals surface area contributed by atoms with Crippen LogP contribution in [0.25, 0.3) is 0 Å². The zero-order chi connectivity index (χ0) is 12.0. The second-order valence-corrected chi connectivity index (χ2v) is 3.80. The molecule has 0 unspecified atom stereocenters. The molecule has 0 bridgehead atoms. The highest BCUT2D eigenvalue weighted by Gasteiger charge is 2.17. The molecule has 1 N–H and O–H groups in total. The summed E-state index contributed by atoms with van der Waals surface area (Å²) in [5.41, 5.74) is 0. The van der Waals surface area contributed by atoms with E-state index in [0.29, 0.717) is 23.7 Å². The van der Waals surface area contributed by atoms with Gasteiger partial charge in [0.1, 0.15) is 5.75 Å². The molecule has 4 heteroatoms. The first-order valence-corrected chi connectivity index (χ1v) is 5.75. The number of rotatable bonds is 5. The topological polar surface area (TPSA) is 38.3 Å². The Morgan fingerprint density at radius 1 is 1.50 bits per heavy atom. The fraction of sp³-hybridized carbons (Fsp3) is 0.417. The molecule has 0 radical (unpaired) electrons. The third-order valence-corrected chi connectivity index (χ3v) is 2.32. The number of benzene rings is 1. The SMILES string of the molecule is CCNC(=O)[C@@H](CC)Oc1cccc(Cl)c1.